The number of carbonyl (C=O) groups is 1. The summed E-state index contributed by atoms with van der Waals surface area (Å²) < 4.78 is 10.3. The maximum atomic E-state index is 10.6. The Morgan fingerprint density at radius 1 is 1.58 bits per heavy atom. The first-order valence-corrected chi connectivity index (χ1v) is 5.13. The number of rotatable bonds is 4. The summed E-state index contributed by atoms with van der Waals surface area (Å²) in [6.07, 6.45) is -1.56. The van der Waals surface area contributed by atoms with Crippen LogP contribution in [0.5, 0.6) is 0 Å². The molecule has 0 heterocycles. The first kappa shape index (κ1) is 11.6. The van der Waals surface area contributed by atoms with Gasteiger partial charge in [-0.2, -0.15) is 0 Å². The van der Waals surface area contributed by atoms with Gasteiger partial charge in [-0.15, -0.1) is 0 Å². The quantitative estimate of drug-likeness (QED) is 0.417. The fourth-order valence-corrected chi connectivity index (χ4v) is 0.876. The Hall–Kier alpha value is -0.420. The van der Waals surface area contributed by atoms with Crippen molar-refractivity contribution in [1.29, 1.82) is 0 Å². The minimum absolute atomic E-state index is 0.131. The lowest BCUT2D eigenvalue weighted by Gasteiger charge is -2.07. The zero-order chi connectivity index (χ0) is 9.78. The van der Waals surface area contributed by atoms with Gasteiger partial charge in [-0.25, -0.2) is 0 Å². The van der Waals surface area contributed by atoms with Crippen LogP contribution in [0.4, 0.5) is 0 Å². The molecule has 1 atom stereocenters. The molecule has 0 saturated heterocycles. The number of hydrogen-bond donors (Lipinski definition) is 4. The van der Waals surface area contributed by atoms with E-state index < -0.39 is 25.8 Å². The monoisotopic (exact) mass is 197 g/mol. The Morgan fingerprint density at radius 2 is 2.08 bits per heavy atom. The van der Waals surface area contributed by atoms with Crippen LogP contribution in [0.2, 0.25) is 0 Å². The third kappa shape index (κ3) is 6.30. The van der Waals surface area contributed by atoms with Crippen molar-refractivity contribution in [3.63, 3.8) is 0 Å². The first-order valence-electron chi connectivity index (χ1n) is 3.33. The smallest absolute Gasteiger partial charge is 0.327 e. The second-order valence-electron chi connectivity index (χ2n) is 2.36. The number of amides is 1. The molecule has 0 aliphatic rings. The summed E-state index contributed by atoms with van der Waals surface area (Å²) in [5.74, 6) is -0.636. The molecule has 0 aromatic carbocycles. The van der Waals surface area contributed by atoms with Crippen LogP contribution in [0.3, 0.4) is 0 Å². The lowest BCUT2D eigenvalue weighted by molar-refractivity contribution is -0.128. The Bertz CT molecular complexity index is 198. The third-order valence-corrected chi connectivity index (χ3v) is 1.89. The van der Waals surface area contributed by atoms with Gasteiger partial charge < -0.3 is 20.2 Å². The van der Waals surface area contributed by atoms with E-state index in [1.165, 1.54) is 6.92 Å². The van der Waals surface area contributed by atoms with Gasteiger partial charge in [-0.1, -0.05) is 0 Å². The Morgan fingerprint density at radius 3 is 2.42 bits per heavy atom. The van der Waals surface area contributed by atoms with E-state index >= 15 is 0 Å². The van der Waals surface area contributed by atoms with Gasteiger partial charge in [0.25, 0.3) is 0 Å². The molecule has 0 radical (unpaired) electrons. The highest BCUT2D eigenvalue weighted by atomic mass is 31.2. The van der Waals surface area contributed by atoms with Crippen molar-refractivity contribution >= 4 is 13.5 Å². The lowest BCUT2D eigenvalue weighted by Crippen LogP contribution is -2.34. The molecule has 0 spiro atoms. The van der Waals surface area contributed by atoms with Crippen molar-refractivity contribution in [1.82, 2.24) is 5.32 Å². The number of hydrogen-bond acceptors (Lipinski definition) is 3. The molecule has 0 saturated carbocycles. The molecule has 0 aliphatic carbocycles. The highest BCUT2D eigenvalue weighted by molar-refractivity contribution is 7.51. The number of nitrogens with one attached hydrogen (secondary N) is 1. The molecule has 6 nitrogen and oxygen atoms in total. The summed E-state index contributed by atoms with van der Waals surface area (Å²) >= 11 is 0. The zero-order valence-corrected chi connectivity index (χ0v) is 7.49. The minimum atomic E-state index is -4.05. The highest BCUT2D eigenvalue weighted by Gasteiger charge is 2.14. The van der Waals surface area contributed by atoms with Gasteiger partial charge in [0, 0.05) is 6.54 Å². The number of aliphatic hydroxyl groups excluding tert-OH is 1. The molecule has 7 heteroatoms. The largest absolute Gasteiger partial charge is 0.384 e. The van der Waals surface area contributed by atoms with E-state index in [4.69, 9.17) is 14.9 Å². The molecule has 4 N–H and O–H groups in total. The first-order chi connectivity index (χ1) is 5.33. The van der Waals surface area contributed by atoms with Gasteiger partial charge in [0.05, 0.1) is 6.16 Å². The average molecular weight is 197 g/mol. The van der Waals surface area contributed by atoms with Crippen molar-refractivity contribution in [2.45, 2.75) is 13.0 Å². The van der Waals surface area contributed by atoms with Crippen molar-refractivity contribution < 1.29 is 24.3 Å². The summed E-state index contributed by atoms with van der Waals surface area (Å²) in [4.78, 5) is 27.3. The standard InChI is InChI=1S/C5H12NO5P/c1-4(7)5(8)6-2-3-12(9,10)11/h4,7H,2-3H2,1H3,(H,6,8)(H2,9,10,11)/t4-/m0/s1. The van der Waals surface area contributed by atoms with Crippen molar-refractivity contribution in [3.8, 4) is 0 Å². The third-order valence-electron chi connectivity index (χ3n) is 1.08. The van der Waals surface area contributed by atoms with E-state index in [1.54, 1.807) is 0 Å². The van der Waals surface area contributed by atoms with Gasteiger partial charge in [0.2, 0.25) is 5.91 Å². The van der Waals surface area contributed by atoms with Crippen molar-refractivity contribution in [2.75, 3.05) is 12.7 Å². The predicted molar refractivity (Wildman–Crippen MR) is 41.6 cm³/mol. The van der Waals surface area contributed by atoms with E-state index in [0.29, 0.717) is 0 Å². The molecule has 0 rings (SSSR count). The predicted octanol–water partition coefficient (Wildman–Crippen LogP) is -1.34. The molecule has 0 aliphatic heterocycles. The SMILES string of the molecule is C[C@H](O)C(=O)NCCP(=O)(O)O. The normalized spacial score (nSPS) is 14.0. The molecular weight excluding hydrogens is 185 g/mol. The molecule has 72 valence electrons. The molecule has 0 fully saturated rings. The van der Waals surface area contributed by atoms with Gasteiger partial charge in [0.15, 0.2) is 0 Å². The van der Waals surface area contributed by atoms with Crippen LogP contribution in [0.25, 0.3) is 0 Å². The van der Waals surface area contributed by atoms with E-state index in [-0.39, 0.29) is 6.54 Å². The van der Waals surface area contributed by atoms with Crippen LogP contribution in [-0.2, 0) is 9.36 Å². The molecule has 0 unspecified atom stereocenters. The second kappa shape index (κ2) is 4.57. The topological polar surface area (TPSA) is 107 Å². The molecule has 12 heavy (non-hydrogen) atoms. The van der Waals surface area contributed by atoms with Crippen LogP contribution in [0.1, 0.15) is 6.92 Å². The van der Waals surface area contributed by atoms with Crippen LogP contribution in [-0.4, -0.2) is 39.6 Å². The van der Waals surface area contributed by atoms with Crippen molar-refractivity contribution in [2.24, 2.45) is 0 Å². The maximum Gasteiger partial charge on any atom is 0.327 e. The molecule has 1 amide bonds. The Balaban J connectivity index is 3.58. The molecule has 0 bridgehead atoms. The van der Waals surface area contributed by atoms with Gasteiger partial charge in [-0.05, 0) is 6.92 Å². The van der Waals surface area contributed by atoms with E-state index in [1.807, 2.05) is 0 Å². The van der Waals surface area contributed by atoms with Crippen LogP contribution in [0.15, 0.2) is 0 Å². The fourth-order valence-electron chi connectivity index (χ4n) is 0.472. The highest BCUT2D eigenvalue weighted by Crippen LogP contribution is 2.32. The zero-order valence-electron chi connectivity index (χ0n) is 6.60. The summed E-state index contributed by atoms with van der Waals surface area (Å²) in [5, 5.41) is 10.8. The number of aliphatic hydroxyl groups is 1. The molecule has 0 aromatic rings. The van der Waals surface area contributed by atoms with Crippen LogP contribution in [0, 0.1) is 0 Å². The Labute approximate surface area is 69.8 Å². The Kier molecular flexibility index (Phi) is 4.41. The molecule has 0 aromatic heterocycles. The average Bonchev–Trinajstić information content (AvgIpc) is 1.84. The van der Waals surface area contributed by atoms with Gasteiger partial charge in [-0.3, -0.25) is 9.36 Å². The van der Waals surface area contributed by atoms with Gasteiger partial charge in [0.1, 0.15) is 6.10 Å². The summed E-state index contributed by atoms with van der Waals surface area (Å²) in [6.45, 7) is 1.14. The fraction of sp³-hybridized carbons (Fsp3) is 0.800. The minimum Gasteiger partial charge on any atom is -0.384 e. The maximum absolute atomic E-state index is 10.6. The van der Waals surface area contributed by atoms with Crippen LogP contribution >= 0.6 is 7.60 Å². The van der Waals surface area contributed by atoms with Crippen molar-refractivity contribution in [3.05, 3.63) is 0 Å². The summed E-state index contributed by atoms with van der Waals surface area (Å²) in [5.41, 5.74) is 0. The summed E-state index contributed by atoms with van der Waals surface area (Å²) in [7, 11) is -4.05. The van der Waals surface area contributed by atoms with Gasteiger partial charge >= 0.3 is 7.60 Å². The van der Waals surface area contributed by atoms with E-state index in [9.17, 15) is 9.36 Å². The summed E-state index contributed by atoms with van der Waals surface area (Å²) in [6, 6.07) is 0. The lowest BCUT2D eigenvalue weighted by atomic mass is 10.4. The number of carbonyl (C=O) groups excluding carboxylic acids is 1. The second-order valence-corrected chi connectivity index (χ2v) is 4.13. The van der Waals surface area contributed by atoms with E-state index in [2.05, 4.69) is 5.32 Å². The van der Waals surface area contributed by atoms with Crippen LogP contribution < -0.4 is 5.32 Å². The van der Waals surface area contributed by atoms with E-state index in [0.717, 1.165) is 0 Å². The molecular formula is C5H12NO5P.